The fraction of sp³-hybridized carbons (Fsp3) is 0.150. The van der Waals surface area contributed by atoms with Crippen LogP contribution in [0.4, 0.5) is 5.82 Å². The van der Waals surface area contributed by atoms with Gasteiger partial charge in [-0.05, 0) is 55.5 Å². The lowest BCUT2D eigenvalue weighted by molar-refractivity contribution is 0.102. The first kappa shape index (κ1) is 17.6. The van der Waals surface area contributed by atoms with Gasteiger partial charge in [0.15, 0.2) is 0 Å². The van der Waals surface area contributed by atoms with Crippen LogP contribution in [0.15, 0.2) is 47.2 Å². The highest BCUT2D eigenvalue weighted by atomic mass is 32.1. The van der Waals surface area contributed by atoms with Crippen molar-refractivity contribution in [2.24, 2.45) is 0 Å². The monoisotopic (exact) mass is 394 g/mol. The molecule has 1 amide bonds. The molecule has 1 N–H and O–H groups in total. The predicted octanol–water partition coefficient (Wildman–Crippen LogP) is 5.23. The lowest BCUT2D eigenvalue weighted by Crippen LogP contribution is -2.15. The average molecular weight is 395 g/mol. The van der Waals surface area contributed by atoms with Crippen molar-refractivity contribution >= 4 is 34.4 Å². The summed E-state index contributed by atoms with van der Waals surface area (Å²) in [7, 11) is 0. The van der Waals surface area contributed by atoms with Crippen molar-refractivity contribution in [3.8, 4) is 15.7 Å². The molecule has 5 nitrogen and oxygen atoms in total. The summed E-state index contributed by atoms with van der Waals surface area (Å²) in [4.78, 5) is 18.5. The zero-order valence-corrected chi connectivity index (χ0v) is 16.8. The van der Waals surface area contributed by atoms with E-state index in [1.54, 1.807) is 16.0 Å². The van der Waals surface area contributed by atoms with Gasteiger partial charge in [0.25, 0.3) is 5.91 Å². The van der Waals surface area contributed by atoms with Gasteiger partial charge in [0.2, 0.25) is 5.13 Å². The van der Waals surface area contributed by atoms with Gasteiger partial charge in [0, 0.05) is 17.0 Å². The van der Waals surface area contributed by atoms with Crippen LogP contribution in [0.2, 0.25) is 0 Å². The van der Waals surface area contributed by atoms with Gasteiger partial charge in [-0.3, -0.25) is 4.79 Å². The Hall–Kier alpha value is -2.77. The summed E-state index contributed by atoms with van der Waals surface area (Å²) in [5, 5.41) is 12.2. The molecule has 0 saturated heterocycles. The fourth-order valence-electron chi connectivity index (χ4n) is 2.70. The number of carbonyl (C=O) groups is 1. The molecule has 0 fully saturated rings. The zero-order valence-electron chi connectivity index (χ0n) is 15.2. The summed E-state index contributed by atoms with van der Waals surface area (Å²) in [5.74, 6) is 0.456. The van der Waals surface area contributed by atoms with Crippen molar-refractivity contribution in [3.05, 3.63) is 69.5 Å². The number of amides is 1. The summed E-state index contributed by atoms with van der Waals surface area (Å²) < 4.78 is 1.69. The zero-order chi connectivity index (χ0) is 19.0. The molecule has 4 aromatic rings. The third-order valence-corrected chi connectivity index (χ3v) is 6.00. The van der Waals surface area contributed by atoms with Gasteiger partial charge in [-0.25, -0.2) is 4.98 Å². The Balaban J connectivity index is 1.63. The predicted molar refractivity (Wildman–Crippen MR) is 111 cm³/mol. The van der Waals surface area contributed by atoms with Crippen LogP contribution in [0.5, 0.6) is 0 Å². The second kappa shape index (κ2) is 7.09. The number of nitrogens with zero attached hydrogens (tertiary/aromatic N) is 3. The highest BCUT2D eigenvalue weighted by Crippen LogP contribution is 2.29. The number of aromatic nitrogens is 3. The molecule has 0 unspecified atom stereocenters. The molecule has 0 aliphatic heterocycles. The molecule has 0 saturated carbocycles. The molecule has 4 rings (SSSR count). The Morgan fingerprint density at radius 3 is 2.67 bits per heavy atom. The number of thiophene rings is 1. The molecule has 7 heteroatoms. The quantitative estimate of drug-likeness (QED) is 0.515. The summed E-state index contributed by atoms with van der Waals surface area (Å²) in [6, 6.07) is 11.6. The number of carbonyl (C=O) groups excluding carboxylic acids is 1. The van der Waals surface area contributed by atoms with Gasteiger partial charge in [-0.15, -0.1) is 22.7 Å². The number of thiazole rings is 1. The van der Waals surface area contributed by atoms with Crippen molar-refractivity contribution in [3.63, 3.8) is 0 Å². The van der Waals surface area contributed by atoms with Gasteiger partial charge in [0.1, 0.15) is 5.82 Å². The first-order valence-corrected chi connectivity index (χ1v) is 10.2. The number of anilines is 1. The lowest BCUT2D eigenvalue weighted by atomic mass is 10.1. The third kappa shape index (κ3) is 3.56. The van der Waals surface area contributed by atoms with Crippen LogP contribution in [-0.2, 0) is 0 Å². The van der Waals surface area contributed by atoms with E-state index < -0.39 is 0 Å². The summed E-state index contributed by atoms with van der Waals surface area (Å²) in [6.45, 7) is 5.93. The fourth-order valence-corrected chi connectivity index (χ4v) is 4.25. The molecule has 136 valence electrons. The first-order chi connectivity index (χ1) is 13.0. The topological polar surface area (TPSA) is 59.8 Å². The molecule has 0 spiro atoms. The highest BCUT2D eigenvalue weighted by molar-refractivity contribution is 7.15. The molecule has 0 bridgehead atoms. The average Bonchev–Trinajstić information content (AvgIpc) is 3.37. The van der Waals surface area contributed by atoms with Crippen LogP contribution in [-0.4, -0.2) is 20.7 Å². The van der Waals surface area contributed by atoms with Gasteiger partial charge >= 0.3 is 0 Å². The minimum atomic E-state index is -0.158. The van der Waals surface area contributed by atoms with E-state index in [9.17, 15) is 4.79 Å². The van der Waals surface area contributed by atoms with Crippen LogP contribution in [0.1, 0.15) is 27.2 Å². The van der Waals surface area contributed by atoms with Gasteiger partial charge in [-0.1, -0.05) is 12.1 Å². The molecular formula is C20H18N4OS2. The van der Waals surface area contributed by atoms with Crippen LogP contribution >= 0.6 is 22.7 Å². The van der Waals surface area contributed by atoms with Crippen molar-refractivity contribution in [1.82, 2.24) is 14.8 Å². The maximum Gasteiger partial charge on any atom is 0.256 e. The highest BCUT2D eigenvalue weighted by Gasteiger charge is 2.16. The SMILES string of the molecule is Cc1cc(NC(=O)c2ccc(C)c(C)c2)n(-c2nc(-c3cccs3)cs2)n1. The van der Waals surface area contributed by atoms with E-state index in [2.05, 4.69) is 15.4 Å². The number of benzene rings is 1. The maximum absolute atomic E-state index is 12.7. The number of rotatable bonds is 4. The third-order valence-electron chi connectivity index (χ3n) is 4.29. The normalized spacial score (nSPS) is 10.9. The van der Waals surface area contributed by atoms with Crippen LogP contribution in [0.25, 0.3) is 15.7 Å². The minimum absolute atomic E-state index is 0.158. The largest absolute Gasteiger partial charge is 0.306 e. The van der Waals surface area contributed by atoms with E-state index in [1.165, 1.54) is 11.3 Å². The second-order valence-electron chi connectivity index (χ2n) is 6.33. The summed E-state index contributed by atoms with van der Waals surface area (Å²) >= 11 is 3.15. The van der Waals surface area contributed by atoms with E-state index in [1.807, 2.05) is 67.9 Å². The standard InChI is InChI=1S/C20H18N4OS2/c1-12-6-7-15(9-13(12)2)19(25)22-18-10-14(3)23-24(18)20-21-16(11-27-20)17-5-4-8-26-17/h4-11H,1-3H3,(H,22,25). The molecule has 0 radical (unpaired) electrons. The van der Waals surface area contributed by atoms with Gasteiger partial charge in [0.05, 0.1) is 16.3 Å². The molecule has 3 aromatic heterocycles. The smallest absolute Gasteiger partial charge is 0.256 e. The van der Waals surface area contributed by atoms with Crippen molar-refractivity contribution < 1.29 is 4.79 Å². The molecular weight excluding hydrogens is 376 g/mol. The van der Waals surface area contributed by atoms with Crippen LogP contribution in [0.3, 0.4) is 0 Å². The molecule has 27 heavy (non-hydrogen) atoms. The molecule has 1 aromatic carbocycles. The van der Waals surface area contributed by atoms with Crippen molar-refractivity contribution in [2.75, 3.05) is 5.32 Å². The Kier molecular flexibility index (Phi) is 4.63. The van der Waals surface area contributed by atoms with Gasteiger partial charge < -0.3 is 5.32 Å². The molecule has 0 atom stereocenters. The van der Waals surface area contributed by atoms with Crippen LogP contribution < -0.4 is 5.32 Å². The second-order valence-corrected chi connectivity index (χ2v) is 8.11. The number of nitrogens with one attached hydrogen (secondary N) is 1. The number of hydrogen-bond donors (Lipinski definition) is 1. The Morgan fingerprint density at radius 1 is 1.07 bits per heavy atom. The minimum Gasteiger partial charge on any atom is -0.306 e. The van der Waals surface area contributed by atoms with Crippen molar-refractivity contribution in [2.45, 2.75) is 20.8 Å². The van der Waals surface area contributed by atoms with Gasteiger partial charge in [-0.2, -0.15) is 9.78 Å². The van der Waals surface area contributed by atoms with Crippen molar-refractivity contribution in [1.29, 1.82) is 0 Å². The van der Waals surface area contributed by atoms with E-state index in [4.69, 9.17) is 0 Å². The Labute approximate surface area is 165 Å². The summed E-state index contributed by atoms with van der Waals surface area (Å²) in [6.07, 6.45) is 0. The Bertz CT molecular complexity index is 1110. The summed E-state index contributed by atoms with van der Waals surface area (Å²) in [5.41, 5.74) is 4.62. The Morgan fingerprint density at radius 2 is 1.93 bits per heavy atom. The molecule has 0 aliphatic rings. The maximum atomic E-state index is 12.7. The van der Waals surface area contributed by atoms with E-state index in [-0.39, 0.29) is 5.91 Å². The molecule has 0 aliphatic carbocycles. The van der Waals surface area contributed by atoms with Crippen LogP contribution in [0, 0.1) is 20.8 Å². The first-order valence-electron chi connectivity index (χ1n) is 8.46. The number of aryl methyl sites for hydroxylation is 3. The lowest BCUT2D eigenvalue weighted by Gasteiger charge is -2.08. The van der Waals surface area contributed by atoms with E-state index >= 15 is 0 Å². The van der Waals surface area contributed by atoms with E-state index in [0.29, 0.717) is 11.4 Å². The molecule has 3 heterocycles. The number of hydrogen-bond acceptors (Lipinski definition) is 5. The van der Waals surface area contributed by atoms with E-state index in [0.717, 1.165) is 32.5 Å².